The Bertz CT molecular complexity index is 543. The van der Waals surface area contributed by atoms with Crippen LogP contribution < -0.4 is 9.47 Å². The van der Waals surface area contributed by atoms with Crippen LogP contribution in [-0.2, 0) is 0 Å². The van der Waals surface area contributed by atoms with Gasteiger partial charge in [0, 0.05) is 11.5 Å². The van der Waals surface area contributed by atoms with E-state index in [1.807, 2.05) is 19.1 Å². The van der Waals surface area contributed by atoms with Crippen molar-refractivity contribution < 1.29 is 9.47 Å². The van der Waals surface area contributed by atoms with Crippen LogP contribution in [0.4, 0.5) is 0 Å². The minimum absolute atomic E-state index is 0.684. The van der Waals surface area contributed by atoms with Gasteiger partial charge >= 0.3 is 0 Å². The summed E-state index contributed by atoms with van der Waals surface area (Å²) in [7, 11) is 3.23. The zero-order valence-electron chi connectivity index (χ0n) is 9.24. The lowest BCUT2D eigenvalue weighted by Gasteiger charge is -2.09. The third-order valence-corrected chi connectivity index (χ3v) is 3.09. The molecule has 1 aromatic heterocycles. The molecule has 16 heavy (non-hydrogen) atoms. The van der Waals surface area contributed by atoms with Crippen LogP contribution in [0.15, 0.2) is 12.1 Å². The van der Waals surface area contributed by atoms with E-state index in [-0.39, 0.29) is 0 Å². The van der Waals surface area contributed by atoms with Crippen molar-refractivity contribution in [2.45, 2.75) is 6.92 Å². The maximum atomic E-state index is 5.25. The van der Waals surface area contributed by atoms with E-state index < -0.39 is 0 Å². The molecule has 0 amide bonds. The molecule has 0 unspecified atom stereocenters. The number of hydrogen-bond acceptors (Lipinski definition) is 4. The van der Waals surface area contributed by atoms with Crippen LogP contribution in [0.5, 0.6) is 11.5 Å². The lowest BCUT2D eigenvalue weighted by molar-refractivity contribution is 0.355. The number of nitrogens with zero attached hydrogens (tertiary/aromatic N) is 2. The van der Waals surface area contributed by atoms with E-state index in [4.69, 9.17) is 9.47 Å². The van der Waals surface area contributed by atoms with Crippen LogP contribution in [0.25, 0.3) is 10.9 Å². The Labute approximate surface area is 107 Å². The summed E-state index contributed by atoms with van der Waals surface area (Å²) in [5, 5.41) is 0.976. The molecule has 1 heterocycles. The highest BCUT2D eigenvalue weighted by Crippen LogP contribution is 2.32. The van der Waals surface area contributed by atoms with Crippen molar-refractivity contribution in [1.82, 2.24) is 9.97 Å². The second-order valence-corrected chi connectivity index (χ2v) is 4.31. The molecular weight excluding hydrogens is 319 g/mol. The first-order valence-corrected chi connectivity index (χ1v) is 5.79. The molecule has 0 aliphatic carbocycles. The summed E-state index contributed by atoms with van der Waals surface area (Å²) >= 11 is 2.19. The number of rotatable bonds is 2. The monoisotopic (exact) mass is 330 g/mol. The summed E-state index contributed by atoms with van der Waals surface area (Å²) in [6, 6.07) is 3.76. The van der Waals surface area contributed by atoms with Gasteiger partial charge in [-0.2, -0.15) is 0 Å². The zero-order chi connectivity index (χ0) is 11.7. The van der Waals surface area contributed by atoms with Gasteiger partial charge in [-0.25, -0.2) is 9.97 Å². The average Bonchev–Trinajstić information content (AvgIpc) is 2.27. The van der Waals surface area contributed by atoms with Crippen LogP contribution >= 0.6 is 22.6 Å². The van der Waals surface area contributed by atoms with Crippen LogP contribution in [0.3, 0.4) is 0 Å². The van der Waals surface area contributed by atoms with Crippen LogP contribution in [-0.4, -0.2) is 24.2 Å². The van der Waals surface area contributed by atoms with E-state index in [0.29, 0.717) is 11.5 Å². The molecular formula is C11H11IN2O2. The fourth-order valence-corrected chi connectivity index (χ4v) is 2.31. The lowest BCUT2D eigenvalue weighted by Crippen LogP contribution is -1.96. The van der Waals surface area contributed by atoms with Crippen LogP contribution in [0, 0.1) is 10.6 Å². The first kappa shape index (κ1) is 11.4. The van der Waals surface area contributed by atoms with Crippen molar-refractivity contribution in [1.29, 1.82) is 0 Å². The number of ether oxygens (including phenoxy) is 2. The Morgan fingerprint density at radius 2 is 1.69 bits per heavy atom. The third-order valence-electron chi connectivity index (χ3n) is 2.27. The van der Waals surface area contributed by atoms with E-state index in [9.17, 15) is 0 Å². The second-order valence-electron chi connectivity index (χ2n) is 3.29. The Morgan fingerprint density at radius 1 is 1.06 bits per heavy atom. The molecule has 0 bridgehead atoms. The molecule has 5 heteroatoms. The van der Waals surface area contributed by atoms with Crippen molar-refractivity contribution in [3.8, 4) is 11.5 Å². The lowest BCUT2D eigenvalue weighted by atomic mass is 10.2. The molecule has 0 spiro atoms. The minimum atomic E-state index is 0.684. The van der Waals surface area contributed by atoms with Crippen molar-refractivity contribution in [3.63, 3.8) is 0 Å². The maximum Gasteiger partial charge on any atom is 0.162 e. The first-order valence-electron chi connectivity index (χ1n) is 4.71. The van der Waals surface area contributed by atoms with E-state index in [0.717, 1.165) is 20.4 Å². The van der Waals surface area contributed by atoms with Gasteiger partial charge < -0.3 is 9.47 Å². The van der Waals surface area contributed by atoms with Gasteiger partial charge in [-0.3, -0.25) is 0 Å². The molecule has 0 saturated carbocycles. The standard InChI is InChI=1S/C11H11IN2O2/c1-6-13-8-5-10(16-3)9(15-2)4-7(8)11(12)14-6/h4-5H,1-3H3. The topological polar surface area (TPSA) is 44.2 Å². The van der Waals surface area contributed by atoms with Crippen molar-refractivity contribution >= 4 is 33.5 Å². The Kier molecular flexibility index (Phi) is 3.13. The number of halogens is 1. The number of benzene rings is 1. The third kappa shape index (κ3) is 1.91. The average molecular weight is 330 g/mol. The highest BCUT2D eigenvalue weighted by atomic mass is 127. The van der Waals surface area contributed by atoms with Gasteiger partial charge in [-0.15, -0.1) is 0 Å². The van der Waals surface area contributed by atoms with E-state index in [1.165, 1.54) is 0 Å². The van der Waals surface area contributed by atoms with Crippen molar-refractivity contribution in [2.24, 2.45) is 0 Å². The fraction of sp³-hybridized carbons (Fsp3) is 0.273. The number of aromatic nitrogens is 2. The smallest absolute Gasteiger partial charge is 0.162 e. The second kappa shape index (κ2) is 4.40. The van der Waals surface area contributed by atoms with E-state index in [1.54, 1.807) is 14.2 Å². The summed E-state index contributed by atoms with van der Waals surface area (Å²) in [6.07, 6.45) is 0. The number of fused-ring (bicyclic) bond motifs is 1. The summed E-state index contributed by atoms with van der Waals surface area (Å²) in [5.74, 6) is 2.13. The van der Waals surface area contributed by atoms with Gasteiger partial charge in [-0.05, 0) is 35.6 Å². The summed E-state index contributed by atoms with van der Waals surface area (Å²) in [6.45, 7) is 1.87. The Hall–Kier alpha value is -1.11. The predicted octanol–water partition coefficient (Wildman–Crippen LogP) is 2.56. The number of aryl methyl sites for hydroxylation is 1. The Morgan fingerprint density at radius 3 is 2.31 bits per heavy atom. The molecule has 0 fully saturated rings. The highest BCUT2D eigenvalue weighted by molar-refractivity contribution is 14.1. The molecule has 2 aromatic rings. The maximum absolute atomic E-state index is 5.25. The molecule has 84 valence electrons. The molecule has 2 rings (SSSR count). The van der Waals surface area contributed by atoms with Crippen LogP contribution in [0.2, 0.25) is 0 Å². The summed E-state index contributed by atoms with van der Waals surface area (Å²) in [5.41, 5.74) is 0.870. The summed E-state index contributed by atoms with van der Waals surface area (Å²) < 4.78 is 11.4. The molecule has 0 saturated heterocycles. The molecule has 0 aliphatic rings. The molecule has 4 nitrogen and oxygen atoms in total. The molecule has 0 atom stereocenters. The minimum Gasteiger partial charge on any atom is -0.493 e. The van der Waals surface area contributed by atoms with Gasteiger partial charge in [0.1, 0.15) is 9.53 Å². The zero-order valence-corrected chi connectivity index (χ0v) is 11.4. The van der Waals surface area contributed by atoms with Crippen molar-refractivity contribution in [3.05, 3.63) is 21.7 Å². The van der Waals surface area contributed by atoms with E-state index >= 15 is 0 Å². The quantitative estimate of drug-likeness (QED) is 0.627. The summed E-state index contributed by atoms with van der Waals surface area (Å²) in [4.78, 5) is 8.68. The van der Waals surface area contributed by atoms with Crippen molar-refractivity contribution in [2.75, 3.05) is 14.2 Å². The predicted molar refractivity (Wildman–Crippen MR) is 70.1 cm³/mol. The largest absolute Gasteiger partial charge is 0.493 e. The van der Waals surface area contributed by atoms with Gasteiger partial charge in [0.15, 0.2) is 11.5 Å². The van der Waals surface area contributed by atoms with Crippen LogP contribution in [0.1, 0.15) is 5.82 Å². The Balaban J connectivity index is 2.78. The number of hydrogen-bond donors (Lipinski definition) is 0. The van der Waals surface area contributed by atoms with Gasteiger partial charge in [0.2, 0.25) is 0 Å². The molecule has 1 aromatic carbocycles. The first-order chi connectivity index (χ1) is 7.65. The normalized spacial score (nSPS) is 10.5. The van der Waals surface area contributed by atoms with Gasteiger partial charge in [0.25, 0.3) is 0 Å². The van der Waals surface area contributed by atoms with E-state index in [2.05, 4.69) is 32.6 Å². The molecule has 0 radical (unpaired) electrons. The van der Waals surface area contributed by atoms with Gasteiger partial charge in [0.05, 0.1) is 19.7 Å². The number of methoxy groups -OCH3 is 2. The highest BCUT2D eigenvalue weighted by Gasteiger charge is 2.10. The fourth-order valence-electron chi connectivity index (χ4n) is 1.53. The molecule has 0 N–H and O–H groups in total. The van der Waals surface area contributed by atoms with Gasteiger partial charge in [-0.1, -0.05) is 0 Å². The SMILES string of the molecule is COc1cc2nc(C)nc(I)c2cc1OC. The molecule has 0 aliphatic heterocycles.